The highest BCUT2D eigenvalue weighted by atomic mass is 35.5. The minimum Gasteiger partial charge on any atom is -0.306 e. The summed E-state index contributed by atoms with van der Waals surface area (Å²) in [5, 5.41) is 0. The lowest BCUT2D eigenvalue weighted by molar-refractivity contribution is 0.244. The fourth-order valence-electron chi connectivity index (χ4n) is 2.83. The molecule has 0 amide bonds. The molecule has 1 aliphatic heterocycles. The van der Waals surface area contributed by atoms with Gasteiger partial charge in [-0.3, -0.25) is 14.7 Å². The number of H-pyrrole nitrogens is 1. The largest absolute Gasteiger partial charge is 0.306 e. The molecule has 24 heavy (non-hydrogen) atoms. The number of hydrogen-bond donors (Lipinski definition) is 1. The predicted octanol–water partition coefficient (Wildman–Crippen LogP) is 2.50. The first-order valence-electron chi connectivity index (χ1n) is 7.54. The molecule has 1 N–H and O–H groups in total. The molecule has 6 nitrogen and oxygen atoms in total. The number of aromatic nitrogens is 4. The summed E-state index contributed by atoms with van der Waals surface area (Å²) in [5.74, 6) is 0.578. The van der Waals surface area contributed by atoms with E-state index in [1.54, 1.807) is 18.6 Å². The Morgan fingerprint density at radius 3 is 3.04 bits per heavy atom. The summed E-state index contributed by atoms with van der Waals surface area (Å²) in [6.07, 6.45) is 5.94. The van der Waals surface area contributed by atoms with Gasteiger partial charge in [-0.25, -0.2) is 9.97 Å². The lowest BCUT2D eigenvalue weighted by Gasteiger charge is -2.27. The van der Waals surface area contributed by atoms with Gasteiger partial charge in [-0.1, -0.05) is 11.6 Å². The molecular formula is C16H14ClN5OS. The highest BCUT2D eigenvalue weighted by Crippen LogP contribution is 2.23. The third kappa shape index (κ3) is 3.10. The molecule has 0 unspecified atom stereocenters. The van der Waals surface area contributed by atoms with E-state index in [1.807, 2.05) is 12.1 Å². The number of aromatic amines is 1. The van der Waals surface area contributed by atoms with Crippen LogP contribution in [0.1, 0.15) is 16.1 Å². The van der Waals surface area contributed by atoms with Gasteiger partial charge in [0.15, 0.2) is 4.47 Å². The van der Waals surface area contributed by atoms with Crippen molar-refractivity contribution in [3.05, 3.63) is 61.7 Å². The van der Waals surface area contributed by atoms with Gasteiger partial charge in [0.1, 0.15) is 5.82 Å². The van der Waals surface area contributed by atoms with Gasteiger partial charge in [0, 0.05) is 55.1 Å². The van der Waals surface area contributed by atoms with Crippen LogP contribution < -0.4 is 5.56 Å². The van der Waals surface area contributed by atoms with Gasteiger partial charge in [0.2, 0.25) is 0 Å². The summed E-state index contributed by atoms with van der Waals surface area (Å²) in [5.41, 5.74) is 2.35. The Morgan fingerprint density at radius 2 is 2.29 bits per heavy atom. The Labute approximate surface area is 147 Å². The Bertz CT molecular complexity index is 924. The summed E-state index contributed by atoms with van der Waals surface area (Å²) in [6.45, 7) is 2.18. The smallest absolute Gasteiger partial charge is 0.255 e. The topological polar surface area (TPSA) is 74.8 Å². The van der Waals surface area contributed by atoms with E-state index in [0.717, 1.165) is 41.2 Å². The van der Waals surface area contributed by atoms with E-state index < -0.39 is 0 Å². The van der Waals surface area contributed by atoms with E-state index in [-0.39, 0.29) is 5.56 Å². The van der Waals surface area contributed by atoms with E-state index in [0.29, 0.717) is 16.8 Å². The fourth-order valence-corrected chi connectivity index (χ4v) is 3.85. The number of hydrogen-bond acceptors (Lipinski definition) is 6. The summed E-state index contributed by atoms with van der Waals surface area (Å²) in [7, 11) is 0. The molecule has 4 rings (SSSR count). The van der Waals surface area contributed by atoms with Crippen LogP contribution in [0.25, 0.3) is 11.4 Å². The maximum atomic E-state index is 12.5. The molecule has 0 aliphatic carbocycles. The molecule has 0 saturated heterocycles. The van der Waals surface area contributed by atoms with Crippen molar-refractivity contribution in [1.29, 1.82) is 0 Å². The molecule has 1 aliphatic rings. The van der Waals surface area contributed by atoms with E-state index in [9.17, 15) is 4.79 Å². The molecule has 0 aromatic carbocycles. The molecule has 0 saturated carbocycles. The van der Waals surface area contributed by atoms with Crippen LogP contribution in [0, 0.1) is 0 Å². The predicted molar refractivity (Wildman–Crippen MR) is 93.0 cm³/mol. The van der Waals surface area contributed by atoms with E-state index >= 15 is 0 Å². The van der Waals surface area contributed by atoms with Gasteiger partial charge in [-0.2, -0.15) is 0 Å². The quantitative estimate of drug-likeness (QED) is 0.777. The van der Waals surface area contributed by atoms with Gasteiger partial charge in [0.25, 0.3) is 5.56 Å². The van der Waals surface area contributed by atoms with E-state index in [1.165, 1.54) is 11.3 Å². The van der Waals surface area contributed by atoms with Gasteiger partial charge < -0.3 is 4.98 Å². The maximum absolute atomic E-state index is 12.5. The average molecular weight is 360 g/mol. The Hall–Kier alpha value is -2.09. The molecule has 0 atom stereocenters. The van der Waals surface area contributed by atoms with Gasteiger partial charge >= 0.3 is 0 Å². The van der Waals surface area contributed by atoms with Crippen LogP contribution in [-0.4, -0.2) is 31.4 Å². The zero-order valence-electron chi connectivity index (χ0n) is 12.7. The summed E-state index contributed by atoms with van der Waals surface area (Å²) in [6, 6.07) is 3.72. The van der Waals surface area contributed by atoms with Crippen molar-refractivity contribution in [3.63, 3.8) is 0 Å². The summed E-state index contributed by atoms with van der Waals surface area (Å²) >= 11 is 7.35. The van der Waals surface area contributed by atoms with Crippen molar-refractivity contribution in [3.8, 4) is 11.4 Å². The molecule has 8 heteroatoms. The van der Waals surface area contributed by atoms with Crippen LogP contribution in [0.15, 0.2) is 35.5 Å². The number of nitrogens with one attached hydrogen (secondary N) is 1. The second kappa shape index (κ2) is 6.43. The third-order valence-electron chi connectivity index (χ3n) is 3.99. The normalized spacial score (nSPS) is 14.5. The van der Waals surface area contributed by atoms with Crippen LogP contribution in [0.3, 0.4) is 0 Å². The Balaban J connectivity index is 1.59. The van der Waals surface area contributed by atoms with Crippen LogP contribution in [0.2, 0.25) is 4.47 Å². The SMILES string of the molecule is O=c1[nH]c(-c2cccnc2)nc2c1CN(Cc1cnc(Cl)s1)CC2. The first-order chi connectivity index (χ1) is 11.7. The average Bonchev–Trinajstić information content (AvgIpc) is 3.01. The second-order valence-electron chi connectivity index (χ2n) is 5.62. The number of thiazole rings is 1. The Kier molecular flexibility index (Phi) is 4.13. The number of halogens is 1. The van der Waals surface area contributed by atoms with Crippen LogP contribution >= 0.6 is 22.9 Å². The molecule has 4 heterocycles. The molecule has 3 aromatic rings. The van der Waals surface area contributed by atoms with Crippen molar-refractivity contribution < 1.29 is 0 Å². The molecular weight excluding hydrogens is 346 g/mol. The first-order valence-corrected chi connectivity index (χ1v) is 8.73. The molecule has 0 radical (unpaired) electrons. The minimum atomic E-state index is -0.0779. The molecule has 122 valence electrons. The van der Waals surface area contributed by atoms with Crippen molar-refractivity contribution >= 4 is 22.9 Å². The van der Waals surface area contributed by atoms with Gasteiger partial charge in [0.05, 0.1) is 11.3 Å². The molecule has 0 spiro atoms. The second-order valence-corrected chi connectivity index (χ2v) is 7.32. The minimum absolute atomic E-state index is 0.0779. The van der Waals surface area contributed by atoms with Crippen LogP contribution in [-0.2, 0) is 19.5 Å². The van der Waals surface area contributed by atoms with Crippen molar-refractivity contribution in [2.45, 2.75) is 19.5 Å². The number of nitrogens with zero attached hydrogens (tertiary/aromatic N) is 4. The van der Waals surface area contributed by atoms with Gasteiger partial charge in [-0.05, 0) is 12.1 Å². The molecule has 3 aromatic heterocycles. The lowest BCUT2D eigenvalue weighted by atomic mass is 10.1. The summed E-state index contributed by atoms with van der Waals surface area (Å²) < 4.78 is 0.544. The molecule has 0 fully saturated rings. The zero-order chi connectivity index (χ0) is 16.5. The van der Waals surface area contributed by atoms with Gasteiger partial charge in [-0.15, -0.1) is 11.3 Å². The Morgan fingerprint density at radius 1 is 1.38 bits per heavy atom. The number of rotatable bonds is 3. The highest BCUT2D eigenvalue weighted by Gasteiger charge is 2.22. The van der Waals surface area contributed by atoms with Crippen molar-refractivity contribution in [2.24, 2.45) is 0 Å². The van der Waals surface area contributed by atoms with Crippen molar-refractivity contribution in [2.75, 3.05) is 6.54 Å². The maximum Gasteiger partial charge on any atom is 0.255 e. The molecule has 0 bridgehead atoms. The fraction of sp³-hybridized carbons (Fsp3) is 0.250. The standard InChI is InChI=1S/C16H14ClN5OS/c17-16-19-7-11(24-16)8-22-5-3-13-12(9-22)15(23)21-14(20-13)10-2-1-4-18-6-10/h1-2,4,6-7H,3,5,8-9H2,(H,20,21,23). The van der Waals surface area contributed by atoms with Crippen molar-refractivity contribution in [1.82, 2.24) is 24.8 Å². The van der Waals surface area contributed by atoms with E-state index in [4.69, 9.17) is 11.6 Å². The highest BCUT2D eigenvalue weighted by molar-refractivity contribution is 7.15. The summed E-state index contributed by atoms with van der Waals surface area (Å²) in [4.78, 5) is 31.4. The number of pyridine rings is 1. The third-order valence-corrected chi connectivity index (χ3v) is 5.09. The van der Waals surface area contributed by atoms with Crippen LogP contribution in [0.5, 0.6) is 0 Å². The monoisotopic (exact) mass is 359 g/mol. The lowest BCUT2D eigenvalue weighted by Crippen LogP contribution is -2.35. The number of fused-ring (bicyclic) bond motifs is 1. The zero-order valence-corrected chi connectivity index (χ0v) is 14.3. The van der Waals surface area contributed by atoms with E-state index in [2.05, 4.69) is 24.8 Å². The van der Waals surface area contributed by atoms with Crippen LogP contribution in [0.4, 0.5) is 0 Å². The first kappa shape index (κ1) is 15.4.